The van der Waals surface area contributed by atoms with E-state index in [-0.39, 0.29) is 0 Å². The first-order valence-corrected chi connectivity index (χ1v) is 6.66. The second kappa shape index (κ2) is 8.70. The summed E-state index contributed by atoms with van der Waals surface area (Å²) in [6.07, 6.45) is 1.13. The fourth-order valence-electron chi connectivity index (χ4n) is 1.46. The van der Waals surface area contributed by atoms with Crippen molar-refractivity contribution in [1.82, 2.24) is 10.6 Å². The lowest BCUT2D eigenvalue weighted by Crippen LogP contribution is -2.38. The van der Waals surface area contributed by atoms with Crippen LogP contribution in [-0.2, 0) is 11.2 Å². The Morgan fingerprint density at radius 3 is 3.00 bits per heavy atom. The summed E-state index contributed by atoms with van der Waals surface area (Å²) in [7, 11) is 1.73. The topological polar surface area (TPSA) is 33.3 Å². The van der Waals surface area contributed by atoms with Gasteiger partial charge in [-0.1, -0.05) is 6.07 Å². The van der Waals surface area contributed by atoms with Crippen molar-refractivity contribution < 1.29 is 4.74 Å². The fraction of sp³-hybridized carbons (Fsp3) is 0.667. The van der Waals surface area contributed by atoms with Crippen LogP contribution in [0.3, 0.4) is 0 Å². The van der Waals surface area contributed by atoms with Gasteiger partial charge in [0.25, 0.3) is 0 Å². The molecule has 92 valence electrons. The summed E-state index contributed by atoms with van der Waals surface area (Å²) in [5, 5.41) is 8.98. The van der Waals surface area contributed by atoms with Crippen molar-refractivity contribution in [3.63, 3.8) is 0 Å². The number of hydrogen-bond acceptors (Lipinski definition) is 4. The molecule has 1 heterocycles. The Morgan fingerprint density at radius 1 is 1.44 bits per heavy atom. The van der Waals surface area contributed by atoms with Crippen LogP contribution in [-0.4, -0.2) is 39.4 Å². The summed E-state index contributed by atoms with van der Waals surface area (Å²) in [6, 6.07) is 4.81. The number of hydrogen-bond donors (Lipinski definition) is 2. The van der Waals surface area contributed by atoms with Gasteiger partial charge in [-0.3, -0.25) is 0 Å². The Kier molecular flexibility index (Phi) is 7.42. The molecule has 0 aromatic carbocycles. The fourth-order valence-corrected chi connectivity index (χ4v) is 2.17. The molecule has 0 aliphatic carbocycles. The molecule has 16 heavy (non-hydrogen) atoms. The van der Waals surface area contributed by atoms with Gasteiger partial charge in [-0.05, 0) is 24.8 Å². The molecule has 2 N–H and O–H groups in total. The van der Waals surface area contributed by atoms with Crippen LogP contribution in [0, 0.1) is 0 Å². The van der Waals surface area contributed by atoms with Crippen molar-refractivity contribution in [1.29, 1.82) is 0 Å². The highest BCUT2D eigenvalue weighted by atomic mass is 32.1. The molecule has 0 aliphatic rings. The molecule has 1 unspecified atom stereocenters. The van der Waals surface area contributed by atoms with E-state index in [4.69, 9.17) is 4.74 Å². The number of nitrogens with one attached hydrogen (secondary N) is 2. The Hall–Kier alpha value is -0.420. The van der Waals surface area contributed by atoms with Gasteiger partial charge >= 0.3 is 0 Å². The number of methoxy groups -OCH3 is 1. The predicted octanol–water partition coefficient (Wildman–Crippen LogP) is 1.50. The molecule has 1 aromatic rings. The zero-order valence-corrected chi connectivity index (χ0v) is 11.0. The molecular formula is C12H22N2OS. The van der Waals surface area contributed by atoms with Gasteiger partial charge in [-0.15, -0.1) is 11.3 Å². The van der Waals surface area contributed by atoms with Crippen molar-refractivity contribution in [3.8, 4) is 0 Å². The molecule has 1 rings (SSSR count). The van der Waals surface area contributed by atoms with Gasteiger partial charge < -0.3 is 15.4 Å². The van der Waals surface area contributed by atoms with Crippen LogP contribution in [0.2, 0.25) is 0 Å². The van der Waals surface area contributed by atoms with Crippen LogP contribution in [0.15, 0.2) is 17.5 Å². The molecule has 1 aromatic heterocycles. The van der Waals surface area contributed by atoms with Crippen molar-refractivity contribution in [3.05, 3.63) is 22.4 Å². The maximum absolute atomic E-state index is 4.97. The monoisotopic (exact) mass is 242 g/mol. The van der Waals surface area contributed by atoms with Gasteiger partial charge in [0, 0.05) is 37.7 Å². The lowest BCUT2D eigenvalue weighted by atomic mass is 10.3. The van der Waals surface area contributed by atoms with Gasteiger partial charge in [0.1, 0.15) is 0 Å². The van der Waals surface area contributed by atoms with E-state index in [9.17, 15) is 0 Å². The van der Waals surface area contributed by atoms with E-state index in [1.807, 2.05) is 11.3 Å². The van der Waals surface area contributed by atoms with E-state index >= 15 is 0 Å². The molecule has 0 radical (unpaired) electrons. The Balaban J connectivity index is 1.95. The van der Waals surface area contributed by atoms with E-state index in [1.54, 1.807) is 7.11 Å². The van der Waals surface area contributed by atoms with Gasteiger partial charge in [0.05, 0.1) is 6.61 Å². The third-order valence-electron chi connectivity index (χ3n) is 2.38. The van der Waals surface area contributed by atoms with Crippen molar-refractivity contribution >= 4 is 11.3 Å². The molecule has 0 aliphatic heterocycles. The molecule has 0 saturated heterocycles. The molecular weight excluding hydrogens is 220 g/mol. The summed E-state index contributed by atoms with van der Waals surface area (Å²) in [6.45, 7) is 5.95. The van der Waals surface area contributed by atoms with Crippen LogP contribution in [0.4, 0.5) is 0 Å². The van der Waals surface area contributed by atoms with E-state index in [0.717, 1.165) is 32.7 Å². The quantitative estimate of drug-likeness (QED) is 0.644. The second-order valence-corrected chi connectivity index (χ2v) is 4.91. The first-order valence-electron chi connectivity index (χ1n) is 5.78. The van der Waals surface area contributed by atoms with Crippen molar-refractivity contribution in [2.24, 2.45) is 0 Å². The summed E-state index contributed by atoms with van der Waals surface area (Å²) in [5.41, 5.74) is 0. The predicted molar refractivity (Wildman–Crippen MR) is 70.2 cm³/mol. The number of thiophene rings is 1. The van der Waals surface area contributed by atoms with Gasteiger partial charge in [0.2, 0.25) is 0 Å². The molecule has 3 nitrogen and oxygen atoms in total. The summed E-state index contributed by atoms with van der Waals surface area (Å²) in [5.74, 6) is 0. The molecule has 1 atom stereocenters. The Bertz CT molecular complexity index is 252. The first kappa shape index (κ1) is 13.6. The van der Waals surface area contributed by atoms with Crippen molar-refractivity contribution in [2.45, 2.75) is 19.4 Å². The standard InChI is InChI=1S/C12H22N2OS/c1-11(10-13-7-8-15-2)14-6-5-12-4-3-9-16-12/h3-4,9,11,13-14H,5-8,10H2,1-2H3. The highest BCUT2D eigenvalue weighted by Crippen LogP contribution is 2.08. The minimum Gasteiger partial charge on any atom is -0.383 e. The van der Waals surface area contributed by atoms with Crippen LogP contribution in [0.1, 0.15) is 11.8 Å². The average molecular weight is 242 g/mol. The molecule has 0 amide bonds. The molecule has 0 spiro atoms. The number of rotatable bonds is 9. The first-order chi connectivity index (χ1) is 7.83. The molecule has 0 fully saturated rings. The van der Waals surface area contributed by atoms with E-state index < -0.39 is 0 Å². The van der Waals surface area contributed by atoms with Crippen LogP contribution in [0.5, 0.6) is 0 Å². The zero-order chi connectivity index (χ0) is 11.6. The minimum absolute atomic E-state index is 0.511. The lowest BCUT2D eigenvalue weighted by molar-refractivity contribution is 0.198. The zero-order valence-electron chi connectivity index (χ0n) is 10.2. The summed E-state index contributed by atoms with van der Waals surface area (Å²) < 4.78 is 4.97. The Morgan fingerprint density at radius 2 is 2.31 bits per heavy atom. The normalized spacial score (nSPS) is 12.9. The van der Waals surface area contributed by atoms with Crippen LogP contribution >= 0.6 is 11.3 Å². The minimum atomic E-state index is 0.511. The van der Waals surface area contributed by atoms with Crippen LogP contribution in [0.25, 0.3) is 0 Å². The summed E-state index contributed by atoms with van der Waals surface area (Å²) in [4.78, 5) is 1.45. The molecule has 0 bridgehead atoms. The second-order valence-electron chi connectivity index (χ2n) is 3.88. The highest BCUT2D eigenvalue weighted by molar-refractivity contribution is 7.09. The van der Waals surface area contributed by atoms with Gasteiger partial charge in [-0.25, -0.2) is 0 Å². The summed E-state index contributed by atoms with van der Waals surface area (Å²) >= 11 is 1.83. The molecule has 4 heteroatoms. The highest BCUT2D eigenvalue weighted by Gasteiger charge is 2.00. The maximum atomic E-state index is 4.97. The maximum Gasteiger partial charge on any atom is 0.0587 e. The smallest absolute Gasteiger partial charge is 0.0587 e. The van der Waals surface area contributed by atoms with Crippen LogP contribution < -0.4 is 10.6 Å². The van der Waals surface area contributed by atoms with Gasteiger partial charge in [0.15, 0.2) is 0 Å². The number of ether oxygens (including phenoxy) is 1. The Labute approximate surface area is 102 Å². The van der Waals surface area contributed by atoms with E-state index in [2.05, 4.69) is 35.1 Å². The van der Waals surface area contributed by atoms with E-state index in [1.165, 1.54) is 4.88 Å². The third kappa shape index (κ3) is 6.23. The average Bonchev–Trinajstić information content (AvgIpc) is 2.77. The largest absolute Gasteiger partial charge is 0.383 e. The SMILES string of the molecule is COCCNCC(C)NCCc1cccs1. The molecule has 0 saturated carbocycles. The van der Waals surface area contributed by atoms with E-state index in [0.29, 0.717) is 6.04 Å². The van der Waals surface area contributed by atoms with Gasteiger partial charge in [-0.2, -0.15) is 0 Å². The lowest BCUT2D eigenvalue weighted by Gasteiger charge is -2.14. The third-order valence-corrected chi connectivity index (χ3v) is 3.31. The van der Waals surface area contributed by atoms with Crippen molar-refractivity contribution in [2.75, 3.05) is 33.4 Å².